The van der Waals surface area contributed by atoms with Crippen LogP contribution in [0.15, 0.2) is 60.7 Å². The molecule has 4 aromatic rings. The highest BCUT2D eigenvalue weighted by molar-refractivity contribution is 7.19. The van der Waals surface area contributed by atoms with Gasteiger partial charge in [0.1, 0.15) is 16.5 Å². The van der Waals surface area contributed by atoms with Crippen molar-refractivity contribution in [3.8, 4) is 0 Å². The van der Waals surface area contributed by atoms with Crippen molar-refractivity contribution < 1.29 is 0 Å². The lowest BCUT2D eigenvalue weighted by atomic mass is 9.89. The Morgan fingerprint density at radius 1 is 0.879 bits per heavy atom. The molecule has 0 saturated carbocycles. The third-order valence-corrected chi connectivity index (χ3v) is 8.24. The zero-order valence-corrected chi connectivity index (χ0v) is 20.0. The molecule has 3 heterocycles. The van der Waals surface area contributed by atoms with E-state index in [0.717, 1.165) is 50.8 Å². The molecule has 33 heavy (non-hydrogen) atoms. The van der Waals surface area contributed by atoms with E-state index in [9.17, 15) is 0 Å². The lowest BCUT2D eigenvalue weighted by Crippen LogP contribution is -2.47. The highest BCUT2D eigenvalue weighted by Crippen LogP contribution is 2.41. The highest BCUT2D eigenvalue weighted by atomic mass is 32.1. The Hall–Kier alpha value is -2.92. The van der Waals surface area contributed by atoms with E-state index in [1.54, 1.807) is 4.88 Å². The maximum absolute atomic E-state index is 5.22. The van der Waals surface area contributed by atoms with E-state index < -0.39 is 0 Å². The summed E-state index contributed by atoms with van der Waals surface area (Å²) >= 11 is 1.92. The Kier molecular flexibility index (Phi) is 5.50. The van der Waals surface area contributed by atoms with Crippen LogP contribution in [0.25, 0.3) is 10.2 Å². The van der Waals surface area contributed by atoms with Gasteiger partial charge in [-0.3, -0.25) is 0 Å². The van der Waals surface area contributed by atoms with Gasteiger partial charge in [0.05, 0.1) is 5.39 Å². The number of piperazine rings is 1. The lowest BCUT2D eigenvalue weighted by molar-refractivity contribution is 0.509. The first-order chi connectivity index (χ1) is 16.2. The van der Waals surface area contributed by atoms with Gasteiger partial charge in [-0.25, -0.2) is 9.97 Å². The van der Waals surface area contributed by atoms with Crippen molar-refractivity contribution in [3.63, 3.8) is 0 Å². The highest BCUT2D eigenvalue weighted by Gasteiger charge is 2.27. The van der Waals surface area contributed by atoms with E-state index in [1.165, 1.54) is 45.7 Å². The number of hydrogen-bond acceptors (Lipinski definition) is 5. The molecule has 0 bridgehead atoms. The summed E-state index contributed by atoms with van der Waals surface area (Å²) in [4.78, 5) is 18.0. The molecule has 2 aromatic carbocycles. The van der Waals surface area contributed by atoms with Gasteiger partial charge >= 0.3 is 0 Å². The van der Waals surface area contributed by atoms with Crippen LogP contribution >= 0.6 is 11.3 Å². The third kappa shape index (κ3) is 4.10. The molecule has 2 aromatic heterocycles. The minimum atomic E-state index is 0.764. The summed E-state index contributed by atoms with van der Waals surface area (Å²) in [6.45, 7) is 6.41. The van der Waals surface area contributed by atoms with E-state index >= 15 is 0 Å². The van der Waals surface area contributed by atoms with Crippen molar-refractivity contribution in [2.24, 2.45) is 5.92 Å². The molecular formula is C28H30N4S. The fraction of sp³-hybridized carbons (Fsp3) is 0.357. The van der Waals surface area contributed by atoms with Crippen molar-refractivity contribution in [2.75, 3.05) is 36.0 Å². The average molecular weight is 455 g/mol. The standard InChI is InChI=1S/C28H30N4S/c1-20-12-13-23-24(18-20)33-28-26(23)27(29-25(30-28)19-21-8-4-2-5-9-21)32-16-14-31(15-17-32)22-10-6-3-7-11-22/h2-11,20H,12-19H2,1H3/t20-/m0/s1. The minimum Gasteiger partial charge on any atom is -0.368 e. The number of para-hydroxylation sites is 1. The van der Waals surface area contributed by atoms with Crippen LogP contribution in [0.2, 0.25) is 0 Å². The number of anilines is 2. The van der Waals surface area contributed by atoms with Gasteiger partial charge < -0.3 is 9.80 Å². The van der Waals surface area contributed by atoms with E-state index in [4.69, 9.17) is 9.97 Å². The summed E-state index contributed by atoms with van der Waals surface area (Å²) in [7, 11) is 0. The Balaban J connectivity index is 1.36. The molecule has 0 spiro atoms. The Morgan fingerprint density at radius 3 is 2.33 bits per heavy atom. The normalized spacial score (nSPS) is 18.5. The first-order valence-electron chi connectivity index (χ1n) is 12.1. The van der Waals surface area contributed by atoms with Crippen molar-refractivity contribution >= 4 is 33.1 Å². The maximum Gasteiger partial charge on any atom is 0.141 e. The molecule has 1 fully saturated rings. The summed E-state index contributed by atoms with van der Waals surface area (Å²) in [5.41, 5.74) is 4.11. The number of hydrogen-bond donors (Lipinski definition) is 0. The summed E-state index contributed by atoms with van der Waals surface area (Å²) < 4.78 is 0. The van der Waals surface area contributed by atoms with Gasteiger partial charge in [-0.2, -0.15) is 0 Å². The van der Waals surface area contributed by atoms with Crippen molar-refractivity contribution in [3.05, 3.63) is 82.5 Å². The molecule has 0 radical (unpaired) electrons. The van der Waals surface area contributed by atoms with Crippen molar-refractivity contribution in [2.45, 2.75) is 32.6 Å². The zero-order chi connectivity index (χ0) is 22.2. The Labute approximate surface area is 199 Å². The first-order valence-corrected chi connectivity index (χ1v) is 13.0. The van der Waals surface area contributed by atoms with Gasteiger partial charge in [0.15, 0.2) is 0 Å². The van der Waals surface area contributed by atoms with Crippen LogP contribution in [0.5, 0.6) is 0 Å². The van der Waals surface area contributed by atoms with E-state index in [1.807, 2.05) is 11.3 Å². The predicted molar refractivity (Wildman–Crippen MR) is 139 cm³/mol. The summed E-state index contributed by atoms with van der Waals surface area (Å²) in [6, 6.07) is 21.4. The molecule has 1 atom stereocenters. The molecule has 1 saturated heterocycles. The first kappa shape index (κ1) is 20.7. The lowest BCUT2D eigenvalue weighted by Gasteiger charge is -2.37. The van der Waals surface area contributed by atoms with Crippen molar-refractivity contribution in [1.82, 2.24) is 9.97 Å². The number of rotatable bonds is 4. The molecular weight excluding hydrogens is 424 g/mol. The van der Waals surface area contributed by atoms with Gasteiger partial charge in [-0.1, -0.05) is 55.5 Å². The number of thiophene rings is 1. The van der Waals surface area contributed by atoms with Crippen LogP contribution in [-0.2, 0) is 19.3 Å². The molecule has 5 heteroatoms. The van der Waals surface area contributed by atoms with E-state index in [2.05, 4.69) is 77.4 Å². The zero-order valence-electron chi connectivity index (χ0n) is 19.2. The second-order valence-electron chi connectivity index (χ2n) is 9.47. The third-order valence-electron chi connectivity index (χ3n) is 7.09. The van der Waals surface area contributed by atoms with Crippen LogP contribution in [0.3, 0.4) is 0 Å². The number of benzene rings is 2. The summed E-state index contributed by atoms with van der Waals surface area (Å²) in [5.74, 6) is 2.88. The van der Waals surface area contributed by atoms with Crippen molar-refractivity contribution in [1.29, 1.82) is 0 Å². The second kappa shape index (κ2) is 8.79. The van der Waals surface area contributed by atoms with E-state index in [0.29, 0.717) is 0 Å². The van der Waals surface area contributed by atoms with Crippen LogP contribution in [0.4, 0.5) is 11.5 Å². The summed E-state index contributed by atoms with van der Waals surface area (Å²) in [5, 5.41) is 1.34. The fourth-order valence-electron chi connectivity index (χ4n) is 5.27. The van der Waals surface area contributed by atoms with Gasteiger partial charge in [0, 0.05) is 43.2 Å². The number of nitrogens with zero attached hydrogens (tertiary/aromatic N) is 4. The second-order valence-corrected chi connectivity index (χ2v) is 10.6. The largest absolute Gasteiger partial charge is 0.368 e. The quantitative estimate of drug-likeness (QED) is 0.394. The monoisotopic (exact) mass is 454 g/mol. The molecule has 2 aliphatic rings. The average Bonchev–Trinajstić information content (AvgIpc) is 3.22. The van der Waals surface area contributed by atoms with E-state index in [-0.39, 0.29) is 0 Å². The molecule has 0 unspecified atom stereocenters. The fourth-order valence-corrected chi connectivity index (χ4v) is 6.66. The summed E-state index contributed by atoms with van der Waals surface area (Å²) in [6.07, 6.45) is 4.40. The number of aromatic nitrogens is 2. The van der Waals surface area contributed by atoms with Gasteiger partial charge in [0.2, 0.25) is 0 Å². The molecule has 0 amide bonds. The Bertz CT molecular complexity index is 1240. The molecule has 4 nitrogen and oxygen atoms in total. The van der Waals surface area contributed by atoms with Gasteiger partial charge in [-0.05, 0) is 48.4 Å². The van der Waals surface area contributed by atoms with Crippen LogP contribution in [-0.4, -0.2) is 36.1 Å². The molecule has 1 aliphatic heterocycles. The number of aryl methyl sites for hydroxylation is 1. The van der Waals surface area contributed by atoms with Crippen LogP contribution in [0, 0.1) is 5.92 Å². The smallest absolute Gasteiger partial charge is 0.141 e. The maximum atomic E-state index is 5.22. The van der Waals surface area contributed by atoms with Gasteiger partial charge in [0.25, 0.3) is 0 Å². The molecule has 0 N–H and O–H groups in total. The SMILES string of the molecule is C[C@H]1CCc2c(sc3nc(Cc4ccccc4)nc(N4CCN(c5ccccc5)CC4)c23)C1. The molecule has 168 valence electrons. The van der Waals surface area contributed by atoms with Crippen LogP contribution < -0.4 is 9.80 Å². The van der Waals surface area contributed by atoms with Gasteiger partial charge in [-0.15, -0.1) is 11.3 Å². The van der Waals surface area contributed by atoms with Crippen LogP contribution in [0.1, 0.15) is 35.2 Å². The molecule has 1 aliphatic carbocycles. The minimum absolute atomic E-state index is 0.764. The topological polar surface area (TPSA) is 32.3 Å². The molecule has 6 rings (SSSR count). The number of fused-ring (bicyclic) bond motifs is 3. The predicted octanol–water partition coefficient (Wildman–Crippen LogP) is 5.73. The Morgan fingerprint density at radius 2 is 1.58 bits per heavy atom.